The Hall–Kier alpha value is -2.80. The normalized spacial score (nSPS) is 10.6. The Kier molecular flexibility index (Phi) is 9.08. The SMILES string of the molecule is CC(C)(C)c1ccc(OCCCNCc2ccco2)cc1.O=C(O)C(=O)O. The van der Waals surface area contributed by atoms with Gasteiger partial charge in [0.1, 0.15) is 11.5 Å². The van der Waals surface area contributed by atoms with Crippen LogP contribution in [0.5, 0.6) is 5.75 Å². The molecule has 0 aliphatic rings. The van der Waals surface area contributed by atoms with Gasteiger partial charge in [0.25, 0.3) is 0 Å². The summed E-state index contributed by atoms with van der Waals surface area (Å²) in [6.45, 7) is 9.06. The van der Waals surface area contributed by atoms with E-state index in [1.807, 2.05) is 12.1 Å². The first-order valence-corrected chi connectivity index (χ1v) is 8.63. The Balaban J connectivity index is 0.000000527. The third-order valence-electron chi connectivity index (χ3n) is 3.55. The highest BCUT2D eigenvalue weighted by Crippen LogP contribution is 2.24. The average Bonchev–Trinajstić information content (AvgIpc) is 3.11. The van der Waals surface area contributed by atoms with Gasteiger partial charge in [-0.25, -0.2) is 9.59 Å². The third-order valence-corrected chi connectivity index (χ3v) is 3.55. The lowest BCUT2D eigenvalue weighted by molar-refractivity contribution is -0.159. The van der Waals surface area contributed by atoms with Crippen LogP contribution in [0.4, 0.5) is 0 Å². The Morgan fingerprint density at radius 2 is 1.70 bits per heavy atom. The molecule has 1 heterocycles. The molecule has 0 aliphatic carbocycles. The van der Waals surface area contributed by atoms with Crippen molar-refractivity contribution in [2.24, 2.45) is 0 Å². The summed E-state index contributed by atoms with van der Waals surface area (Å²) in [5.74, 6) is -1.74. The summed E-state index contributed by atoms with van der Waals surface area (Å²) in [7, 11) is 0. The molecule has 0 saturated heterocycles. The zero-order valence-electron chi connectivity index (χ0n) is 15.9. The maximum atomic E-state index is 9.10. The summed E-state index contributed by atoms with van der Waals surface area (Å²) in [6, 6.07) is 12.3. The zero-order chi connectivity index (χ0) is 20.3. The third kappa shape index (κ3) is 9.46. The van der Waals surface area contributed by atoms with Crippen molar-refractivity contribution < 1.29 is 29.0 Å². The van der Waals surface area contributed by atoms with Crippen molar-refractivity contribution in [1.29, 1.82) is 0 Å². The molecule has 0 atom stereocenters. The summed E-state index contributed by atoms with van der Waals surface area (Å²) in [5.41, 5.74) is 1.52. The standard InChI is InChI=1S/C18H25NO2.C2H2O4/c1-18(2,3)15-7-9-16(10-8-15)20-13-5-11-19-14-17-6-4-12-21-17;3-1(4)2(5)6/h4,6-10,12,19H,5,11,13-14H2,1-3H3;(H,3,4)(H,5,6). The number of benzene rings is 1. The van der Waals surface area contributed by atoms with E-state index < -0.39 is 11.9 Å². The van der Waals surface area contributed by atoms with Crippen LogP contribution in [0, 0.1) is 0 Å². The molecule has 1 aromatic heterocycles. The first-order chi connectivity index (χ1) is 12.7. The number of aliphatic carboxylic acids is 2. The van der Waals surface area contributed by atoms with E-state index in [0.29, 0.717) is 0 Å². The second kappa shape index (κ2) is 11.0. The van der Waals surface area contributed by atoms with E-state index in [4.69, 9.17) is 29.0 Å². The van der Waals surface area contributed by atoms with Gasteiger partial charge in [0.15, 0.2) is 0 Å². The molecule has 0 fully saturated rings. The van der Waals surface area contributed by atoms with Gasteiger partial charge < -0.3 is 24.7 Å². The summed E-state index contributed by atoms with van der Waals surface area (Å²) >= 11 is 0. The molecule has 3 N–H and O–H groups in total. The molecule has 0 aliphatic heterocycles. The van der Waals surface area contributed by atoms with E-state index in [1.165, 1.54) is 5.56 Å². The van der Waals surface area contributed by atoms with Crippen molar-refractivity contribution in [3.05, 3.63) is 54.0 Å². The number of furan rings is 1. The van der Waals surface area contributed by atoms with Crippen molar-refractivity contribution >= 4 is 11.9 Å². The molecule has 0 bridgehead atoms. The molecule has 0 saturated carbocycles. The first-order valence-electron chi connectivity index (χ1n) is 8.63. The molecule has 2 rings (SSSR count). The molecule has 2 aromatic rings. The fraction of sp³-hybridized carbons (Fsp3) is 0.400. The van der Waals surface area contributed by atoms with Crippen LogP contribution >= 0.6 is 0 Å². The van der Waals surface area contributed by atoms with E-state index in [2.05, 4.69) is 50.4 Å². The van der Waals surface area contributed by atoms with Gasteiger partial charge in [-0.2, -0.15) is 0 Å². The number of ether oxygens (including phenoxy) is 1. The quantitative estimate of drug-likeness (QED) is 0.502. The molecule has 148 valence electrons. The lowest BCUT2D eigenvalue weighted by Gasteiger charge is -2.19. The van der Waals surface area contributed by atoms with E-state index in [0.717, 1.165) is 37.6 Å². The number of carboxylic acids is 2. The zero-order valence-corrected chi connectivity index (χ0v) is 15.9. The van der Waals surface area contributed by atoms with E-state index in [9.17, 15) is 0 Å². The van der Waals surface area contributed by atoms with Gasteiger partial charge in [0.05, 0.1) is 19.4 Å². The number of carboxylic acid groups (broad SMARTS) is 2. The van der Waals surface area contributed by atoms with Gasteiger partial charge in [0.2, 0.25) is 0 Å². The summed E-state index contributed by atoms with van der Waals surface area (Å²) in [4.78, 5) is 18.2. The number of hydrogen-bond donors (Lipinski definition) is 3. The van der Waals surface area contributed by atoms with Gasteiger partial charge in [-0.3, -0.25) is 0 Å². The average molecular weight is 377 g/mol. The topological polar surface area (TPSA) is 109 Å². The van der Waals surface area contributed by atoms with Crippen LogP contribution in [0.3, 0.4) is 0 Å². The summed E-state index contributed by atoms with van der Waals surface area (Å²) in [5, 5.41) is 18.1. The van der Waals surface area contributed by atoms with Crippen LogP contribution in [0.25, 0.3) is 0 Å². The van der Waals surface area contributed by atoms with Crippen LogP contribution in [0.1, 0.15) is 38.5 Å². The minimum absolute atomic E-state index is 0.189. The molecule has 0 spiro atoms. The van der Waals surface area contributed by atoms with Gasteiger partial charge in [-0.1, -0.05) is 32.9 Å². The van der Waals surface area contributed by atoms with E-state index in [-0.39, 0.29) is 5.41 Å². The molecule has 0 radical (unpaired) electrons. The van der Waals surface area contributed by atoms with Crippen LogP contribution in [-0.2, 0) is 21.5 Å². The monoisotopic (exact) mass is 377 g/mol. The van der Waals surface area contributed by atoms with Crippen LogP contribution in [-0.4, -0.2) is 35.3 Å². The summed E-state index contributed by atoms with van der Waals surface area (Å²) in [6.07, 6.45) is 2.67. The molecule has 0 unspecified atom stereocenters. The lowest BCUT2D eigenvalue weighted by atomic mass is 9.87. The van der Waals surface area contributed by atoms with Gasteiger partial charge in [0, 0.05) is 0 Å². The van der Waals surface area contributed by atoms with Crippen molar-refractivity contribution in [2.45, 2.75) is 39.2 Å². The number of hydrogen-bond acceptors (Lipinski definition) is 5. The Labute approximate surface area is 159 Å². The van der Waals surface area contributed by atoms with Gasteiger partial charge in [-0.15, -0.1) is 0 Å². The molecular weight excluding hydrogens is 350 g/mol. The van der Waals surface area contributed by atoms with Crippen LogP contribution in [0.2, 0.25) is 0 Å². The summed E-state index contributed by atoms with van der Waals surface area (Å²) < 4.78 is 11.0. The molecule has 0 amide bonds. The Bertz CT molecular complexity index is 674. The predicted molar refractivity (Wildman–Crippen MR) is 101 cm³/mol. The Morgan fingerprint density at radius 1 is 1.07 bits per heavy atom. The van der Waals surface area contributed by atoms with Crippen molar-refractivity contribution in [3.8, 4) is 5.75 Å². The van der Waals surface area contributed by atoms with Crippen LogP contribution < -0.4 is 10.1 Å². The van der Waals surface area contributed by atoms with E-state index >= 15 is 0 Å². The highest BCUT2D eigenvalue weighted by Gasteiger charge is 2.12. The minimum Gasteiger partial charge on any atom is -0.494 e. The maximum Gasteiger partial charge on any atom is 0.414 e. The minimum atomic E-state index is -1.82. The van der Waals surface area contributed by atoms with Crippen molar-refractivity contribution in [3.63, 3.8) is 0 Å². The van der Waals surface area contributed by atoms with Crippen molar-refractivity contribution in [1.82, 2.24) is 5.32 Å². The molecule has 7 nitrogen and oxygen atoms in total. The highest BCUT2D eigenvalue weighted by atomic mass is 16.5. The maximum absolute atomic E-state index is 9.10. The first kappa shape index (κ1) is 22.2. The number of rotatable bonds is 7. The smallest absolute Gasteiger partial charge is 0.414 e. The molecule has 27 heavy (non-hydrogen) atoms. The van der Waals surface area contributed by atoms with Crippen molar-refractivity contribution in [2.75, 3.05) is 13.2 Å². The van der Waals surface area contributed by atoms with Gasteiger partial charge in [-0.05, 0) is 48.2 Å². The van der Waals surface area contributed by atoms with Gasteiger partial charge >= 0.3 is 11.9 Å². The predicted octanol–water partition coefficient (Wildman–Crippen LogP) is 3.29. The molecular formula is C20H27NO6. The fourth-order valence-electron chi connectivity index (χ4n) is 2.06. The van der Waals surface area contributed by atoms with E-state index in [1.54, 1.807) is 6.26 Å². The molecule has 1 aromatic carbocycles. The Morgan fingerprint density at radius 3 is 2.19 bits per heavy atom. The number of nitrogens with one attached hydrogen (secondary N) is 1. The molecule has 7 heteroatoms. The largest absolute Gasteiger partial charge is 0.494 e. The highest BCUT2D eigenvalue weighted by molar-refractivity contribution is 6.27. The lowest BCUT2D eigenvalue weighted by Crippen LogP contribution is -2.16. The second-order valence-electron chi connectivity index (χ2n) is 6.84. The second-order valence-corrected chi connectivity index (χ2v) is 6.84. The van der Waals surface area contributed by atoms with Crippen LogP contribution in [0.15, 0.2) is 47.1 Å². The number of carbonyl (C=O) groups is 2. The fourth-order valence-corrected chi connectivity index (χ4v) is 2.06.